The molecule has 8 heteroatoms. The molecule has 0 saturated heterocycles. The van der Waals surface area contributed by atoms with Gasteiger partial charge in [-0.1, -0.05) is 18.6 Å². The fourth-order valence-electron chi connectivity index (χ4n) is 4.59. The number of benzene rings is 2. The zero-order chi connectivity index (χ0) is 22.1. The first kappa shape index (κ1) is 20.5. The van der Waals surface area contributed by atoms with E-state index in [4.69, 9.17) is 14.2 Å². The van der Waals surface area contributed by atoms with Gasteiger partial charge in [-0.25, -0.2) is 0 Å². The Labute approximate surface area is 186 Å². The number of hydrogen-bond acceptors (Lipinski definition) is 6. The number of carbonyl (C=O) groups is 2. The molecule has 5 rings (SSSR count). The molecule has 8 nitrogen and oxygen atoms in total. The lowest BCUT2D eigenvalue weighted by atomic mass is 9.94. The number of rotatable bonds is 4. The second-order valence-corrected chi connectivity index (χ2v) is 8.45. The SMILES string of the molecule is CNC(=O)C1CN(CC(=O)Nc2ccc3c(c2)OC2(CCCCC2)O3)c2ccccc2O1. The third-order valence-corrected chi connectivity index (χ3v) is 6.17. The van der Waals surface area contributed by atoms with Crippen molar-refractivity contribution in [3.8, 4) is 17.2 Å². The summed E-state index contributed by atoms with van der Waals surface area (Å²) in [6, 6.07) is 12.9. The molecule has 1 aliphatic carbocycles. The molecule has 3 aliphatic rings. The first-order valence-corrected chi connectivity index (χ1v) is 11.1. The fraction of sp³-hybridized carbons (Fsp3) is 0.417. The number of nitrogens with one attached hydrogen (secondary N) is 2. The summed E-state index contributed by atoms with van der Waals surface area (Å²) in [6.07, 6.45) is 4.47. The van der Waals surface area contributed by atoms with Crippen molar-refractivity contribution in [2.75, 3.05) is 30.4 Å². The van der Waals surface area contributed by atoms with Crippen molar-refractivity contribution in [3.05, 3.63) is 42.5 Å². The molecular weight excluding hydrogens is 410 g/mol. The lowest BCUT2D eigenvalue weighted by Gasteiger charge is -2.34. The van der Waals surface area contributed by atoms with Gasteiger partial charge in [0.25, 0.3) is 11.7 Å². The minimum absolute atomic E-state index is 0.0895. The summed E-state index contributed by atoms with van der Waals surface area (Å²) < 4.78 is 18.1. The van der Waals surface area contributed by atoms with Gasteiger partial charge in [0.15, 0.2) is 17.6 Å². The van der Waals surface area contributed by atoms with Crippen LogP contribution in [0.1, 0.15) is 32.1 Å². The zero-order valence-corrected chi connectivity index (χ0v) is 18.1. The highest BCUT2D eigenvalue weighted by Gasteiger charge is 2.42. The smallest absolute Gasteiger partial charge is 0.262 e. The molecule has 0 aromatic heterocycles. The topological polar surface area (TPSA) is 89.1 Å². The number of amides is 2. The van der Waals surface area contributed by atoms with E-state index in [-0.39, 0.29) is 24.9 Å². The molecule has 1 saturated carbocycles. The van der Waals surface area contributed by atoms with Gasteiger partial charge in [-0.3, -0.25) is 9.59 Å². The molecular formula is C24H27N3O5. The van der Waals surface area contributed by atoms with Crippen LogP contribution in [0, 0.1) is 0 Å². The van der Waals surface area contributed by atoms with Crippen molar-refractivity contribution in [2.24, 2.45) is 0 Å². The quantitative estimate of drug-likeness (QED) is 0.764. The predicted octanol–water partition coefficient (Wildman–Crippen LogP) is 3.07. The van der Waals surface area contributed by atoms with Crippen molar-refractivity contribution >= 4 is 23.2 Å². The highest BCUT2D eigenvalue weighted by molar-refractivity contribution is 5.95. The number of nitrogens with zero attached hydrogens (tertiary/aromatic N) is 1. The van der Waals surface area contributed by atoms with Crippen LogP contribution in [-0.4, -0.2) is 43.8 Å². The Hall–Kier alpha value is -3.42. The van der Waals surface area contributed by atoms with Crippen molar-refractivity contribution in [3.63, 3.8) is 0 Å². The molecule has 0 radical (unpaired) electrons. The van der Waals surface area contributed by atoms with E-state index < -0.39 is 11.9 Å². The Morgan fingerprint density at radius 2 is 1.81 bits per heavy atom. The Balaban J connectivity index is 1.27. The number of likely N-dealkylation sites (N-methyl/N-ethyl adjacent to an activating group) is 1. The Bertz CT molecular complexity index is 1030. The number of anilines is 2. The summed E-state index contributed by atoms with van der Waals surface area (Å²) in [6.45, 7) is 0.375. The van der Waals surface area contributed by atoms with Gasteiger partial charge in [0.2, 0.25) is 5.91 Å². The molecule has 168 valence electrons. The zero-order valence-electron chi connectivity index (χ0n) is 18.1. The van der Waals surface area contributed by atoms with E-state index in [9.17, 15) is 9.59 Å². The third kappa shape index (κ3) is 3.92. The van der Waals surface area contributed by atoms with Crippen LogP contribution >= 0.6 is 0 Å². The number of para-hydroxylation sites is 2. The summed E-state index contributed by atoms with van der Waals surface area (Å²) >= 11 is 0. The van der Waals surface area contributed by atoms with Gasteiger partial charge >= 0.3 is 0 Å². The molecule has 2 amide bonds. The van der Waals surface area contributed by atoms with Gasteiger partial charge in [-0.2, -0.15) is 0 Å². The molecule has 1 unspecified atom stereocenters. The average molecular weight is 437 g/mol. The lowest BCUT2D eigenvalue weighted by molar-refractivity contribution is -0.127. The summed E-state index contributed by atoms with van der Waals surface area (Å²) in [5.74, 6) is 1.01. The molecule has 2 aliphatic heterocycles. The third-order valence-electron chi connectivity index (χ3n) is 6.17. The molecule has 2 aromatic rings. The standard InChI is InChI=1S/C24H27N3O5/c1-25-23(29)21-14-27(17-7-3-4-8-18(17)30-21)15-22(28)26-16-9-10-19-20(13-16)32-24(31-19)11-5-2-6-12-24/h3-4,7-10,13,21H,2,5-6,11-12,14-15H2,1H3,(H,25,29)(H,26,28). The van der Waals surface area contributed by atoms with Crippen molar-refractivity contribution in [1.29, 1.82) is 0 Å². The van der Waals surface area contributed by atoms with Gasteiger partial charge in [-0.15, -0.1) is 0 Å². The van der Waals surface area contributed by atoms with Crippen molar-refractivity contribution in [2.45, 2.75) is 44.0 Å². The summed E-state index contributed by atoms with van der Waals surface area (Å²) in [7, 11) is 1.57. The molecule has 2 aromatic carbocycles. The van der Waals surface area contributed by atoms with Crippen LogP contribution < -0.4 is 29.7 Å². The van der Waals surface area contributed by atoms with Gasteiger partial charge in [0.05, 0.1) is 18.8 Å². The minimum atomic E-state index is -0.681. The van der Waals surface area contributed by atoms with Crippen LogP contribution in [0.4, 0.5) is 11.4 Å². The number of fused-ring (bicyclic) bond motifs is 2. The molecule has 2 N–H and O–H groups in total. The van der Waals surface area contributed by atoms with Gasteiger partial charge in [0.1, 0.15) is 5.75 Å². The molecule has 1 atom stereocenters. The molecule has 1 spiro atoms. The van der Waals surface area contributed by atoms with Gasteiger partial charge in [0, 0.05) is 31.6 Å². The summed E-state index contributed by atoms with van der Waals surface area (Å²) in [5.41, 5.74) is 1.43. The number of carbonyl (C=O) groups excluding carboxylic acids is 2. The van der Waals surface area contributed by atoms with Crippen LogP contribution in [0.15, 0.2) is 42.5 Å². The molecule has 0 bridgehead atoms. The first-order chi connectivity index (χ1) is 15.5. The van der Waals surface area contributed by atoms with Crippen LogP contribution in [0.3, 0.4) is 0 Å². The maximum absolute atomic E-state index is 12.9. The summed E-state index contributed by atoms with van der Waals surface area (Å²) in [4.78, 5) is 26.9. The van der Waals surface area contributed by atoms with Crippen LogP contribution in [0.25, 0.3) is 0 Å². The van der Waals surface area contributed by atoms with E-state index in [0.29, 0.717) is 17.2 Å². The van der Waals surface area contributed by atoms with Crippen LogP contribution in [0.2, 0.25) is 0 Å². The van der Waals surface area contributed by atoms with Crippen LogP contribution in [0.5, 0.6) is 17.2 Å². The van der Waals surface area contributed by atoms with Crippen LogP contribution in [-0.2, 0) is 9.59 Å². The first-order valence-electron chi connectivity index (χ1n) is 11.1. The number of hydrogen-bond donors (Lipinski definition) is 2. The maximum Gasteiger partial charge on any atom is 0.262 e. The second kappa shape index (κ2) is 8.26. The predicted molar refractivity (Wildman–Crippen MR) is 119 cm³/mol. The largest absolute Gasteiger partial charge is 0.477 e. The highest BCUT2D eigenvalue weighted by Crippen LogP contribution is 2.46. The van der Waals surface area contributed by atoms with E-state index in [1.807, 2.05) is 41.3 Å². The van der Waals surface area contributed by atoms with E-state index >= 15 is 0 Å². The molecule has 32 heavy (non-hydrogen) atoms. The fourth-order valence-corrected chi connectivity index (χ4v) is 4.59. The minimum Gasteiger partial charge on any atom is -0.477 e. The highest BCUT2D eigenvalue weighted by atomic mass is 16.7. The van der Waals surface area contributed by atoms with Crippen molar-refractivity contribution in [1.82, 2.24) is 5.32 Å². The monoisotopic (exact) mass is 437 g/mol. The molecule has 1 fully saturated rings. The van der Waals surface area contributed by atoms with E-state index in [1.54, 1.807) is 13.1 Å². The van der Waals surface area contributed by atoms with E-state index in [0.717, 1.165) is 37.1 Å². The average Bonchev–Trinajstić information content (AvgIpc) is 3.15. The number of ether oxygens (including phenoxy) is 3. The Morgan fingerprint density at radius 3 is 2.62 bits per heavy atom. The van der Waals surface area contributed by atoms with E-state index in [1.165, 1.54) is 6.42 Å². The van der Waals surface area contributed by atoms with Gasteiger partial charge in [-0.05, 0) is 37.1 Å². The summed E-state index contributed by atoms with van der Waals surface area (Å²) in [5, 5.41) is 5.55. The maximum atomic E-state index is 12.9. The van der Waals surface area contributed by atoms with E-state index in [2.05, 4.69) is 10.6 Å². The lowest BCUT2D eigenvalue weighted by Crippen LogP contribution is -2.50. The van der Waals surface area contributed by atoms with Gasteiger partial charge < -0.3 is 29.7 Å². The molecule has 2 heterocycles. The Kier molecular flexibility index (Phi) is 5.28. The normalized spacial score (nSPS) is 20.3. The Morgan fingerprint density at radius 1 is 1.03 bits per heavy atom. The van der Waals surface area contributed by atoms with Crippen molar-refractivity contribution < 1.29 is 23.8 Å². The second-order valence-electron chi connectivity index (χ2n) is 8.45.